The predicted octanol–water partition coefficient (Wildman–Crippen LogP) is 1.29. The predicted molar refractivity (Wildman–Crippen MR) is 153 cm³/mol. The molecule has 17 nitrogen and oxygen atoms in total. The Bertz CT molecular complexity index is 1320. The highest BCUT2D eigenvalue weighted by Crippen LogP contribution is 2.36. The maximum Gasteiger partial charge on any atom is 0.408 e. The van der Waals surface area contributed by atoms with Crippen LogP contribution in [0.5, 0.6) is 0 Å². The number of aliphatic hydroxyl groups excluding tert-OH is 1. The Morgan fingerprint density at radius 1 is 1.07 bits per heavy atom. The SMILES string of the molecule is CC(C)(C)OC(=O)N[C@@H](CC[C@H](NC(=O)OC(C)(C)C)C(=O)O)C[C@H]1O[C@@H](n2cnc3c(N)ncnc32)[C@H](OCC=O)[C@@H]1O. The molecule has 6 atom stereocenters. The fourth-order valence-electron chi connectivity index (χ4n) is 4.60. The molecule has 1 saturated heterocycles. The number of aliphatic hydroxyl groups is 1. The molecule has 1 fully saturated rings. The molecule has 6 N–H and O–H groups in total. The van der Waals surface area contributed by atoms with E-state index >= 15 is 0 Å². The number of aromatic nitrogens is 4. The van der Waals surface area contributed by atoms with Crippen LogP contribution in [0.25, 0.3) is 11.2 Å². The maximum absolute atomic E-state index is 12.7. The lowest BCUT2D eigenvalue weighted by molar-refractivity contribution is -0.139. The minimum Gasteiger partial charge on any atom is -0.480 e. The van der Waals surface area contributed by atoms with E-state index in [1.807, 2.05) is 0 Å². The third-order valence-electron chi connectivity index (χ3n) is 6.36. The van der Waals surface area contributed by atoms with Crippen molar-refractivity contribution in [2.75, 3.05) is 12.3 Å². The number of anilines is 1. The number of nitrogen functional groups attached to an aromatic ring is 1. The molecule has 0 unspecified atom stereocenters. The zero-order valence-corrected chi connectivity index (χ0v) is 25.6. The van der Waals surface area contributed by atoms with Crippen LogP contribution in [0, 0.1) is 0 Å². The number of carbonyl (C=O) groups excluding carboxylic acids is 3. The van der Waals surface area contributed by atoms with Gasteiger partial charge in [0.25, 0.3) is 0 Å². The summed E-state index contributed by atoms with van der Waals surface area (Å²) in [7, 11) is 0. The van der Waals surface area contributed by atoms with E-state index < -0.39 is 66.0 Å². The van der Waals surface area contributed by atoms with Gasteiger partial charge in [-0.05, 0) is 60.8 Å². The van der Waals surface area contributed by atoms with Crippen LogP contribution in [0.4, 0.5) is 15.4 Å². The van der Waals surface area contributed by atoms with Gasteiger partial charge in [-0.25, -0.2) is 29.3 Å². The first kappa shape index (κ1) is 34.4. The number of aldehydes is 1. The minimum atomic E-state index is -1.35. The molecule has 0 bridgehead atoms. The first-order valence-corrected chi connectivity index (χ1v) is 14.0. The van der Waals surface area contributed by atoms with Crippen molar-refractivity contribution in [2.24, 2.45) is 0 Å². The largest absolute Gasteiger partial charge is 0.480 e. The van der Waals surface area contributed by atoms with Crippen LogP contribution in [0.15, 0.2) is 12.7 Å². The number of aliphatic carboxylic acids is 1. The van der Waals surface area contributed by atoms with E-state index in [1.165, 1.54) is 17.2 Å². The molecule has 1 aliphatic heterocycles. The summed E-state index contributed by atoms with van der Waals surface area (Å²) in [5, 5.41) is 26.0. The van der Waals surface area contributed by atoms with Crippen LogP contribution >= 0.6 is 0 Å². The lowest BCUT2D eigenvalue weighted by atomic mass is 9.97. The fourth-order valence-corrected chi connectivity index (χ4v) is 4.60. The van der Waals surface area contributed by atoms with E-state index in [9.17, 15) is 29.4 Å². The number of nitrogens with zero attached hydrogens (tertiary/aromatic N) is 4. The number of carbonyl (C=O) groups is 4. The zero-order valence-electron chi connectivity index (χ0n) is 25.6. The molecule has 0 radical (unpaired) electrons. The Morgan fingerprint density at radius 3 is 2.30 bits per heavy atom. The summed E-state index contributed by atoms with van der Waals surface area (Å²) in [4.78, 5) is 60.4. The van der Waals surface area contributed by atoms with Crippen LogP contribution in [0.2, 0.25) is 0 Å². The number of nitrogens with one attached hydrogen (secondary N) is 2. The van der Waals surface area contributed by atoms with E-state index in [2.05, 4.69) is 25.6 Å². The third-order valence-corrected chi connectivity index (χ3v) is 6.36. The molecule has 17 heteroatoms. The molecule has 3 rings (SSSR count). The summed E-state index contributed by atoms with van der Waals surface area (Å²) in [6.07, 6.45) is -2.97. The highest BCUT2D eigenvalue weighted by Gasteiger charge is 2.47. The number of hydrogen-bond acceptors (Lipinski definition) is 13. The quantitative estimate of drug-likeness (QED) is 0.209. The van der Waals surface area contributed by atoms with Gasteiger partial charge in [-0.1, -0.05) is 0 Å². The summed E-state index contributed by atoms with van der Waals surface area (Å²) in [5.41, 5.74) is 4.83. The van der Waals surface area contributed by atoms with Gasteiger partial charge in [-0.2, -0.15) is 0 Å². The number of carboxylic acids is 1. The first-order valence-electron chi connectivity index (χ1n) is 14.0. The molecule has 1 aliphatic rings. The Hall–Kier alpha value is -4.09. The molecule has 0 spiro atoms. The van der Waals surface area contributed by atoms with Gasteiger partial charge in [0.2, 0.25) is 0 Å². The van der Waals surface area contributed by atoms with Gasteiger partial charge >= 0.3 is 18.2 Å². The van der Waals surface area contributed by atoms with Gasteiger partial charge in [0.15, 0.2) is 17.7 Å². The number of imidazole rings is 1. The number of hydrogen-bond donors (Lipinski definition) is 5. The van der Waals surface area contributed by atoms with Gasteiger partial charge in [0.05, 0.1) is 12.4 Å². The number of ether oxygens (including phenoxy) is 4. The molecular formula is C27H41N7O10. The zero-order chi connectivity index (χ0) is 32.8. The topological polar surface area (TPSA) is 239 Å². The standard InChI is InChI=1S/C27H41N7O10/c1-26(2,3)43-24(39)32-14(7-8-15(23(37)38)33-25(40)44-27(4,5)6)11-16-18(36)19(41-10-9-35)22(42-16)34-13-31-17-20(28)29-12-30-21(17)34/h9,12-16,18-19,22,36H,7-8,10-11H2,1-6H3,(H,32,39)(H,33,40)(H,37,38)(H2,28,29,30)/t14-,15-,16+,18+,19+,22+/m0/s1. The fraction of sp³-hybridized carbons (Fsp3) is 0.667. The van der Waals surface area contributed by atoms with Gasteiger partial charge in [0, 0.05) is 6.04 Å². The van der Waals surface area contributed by atoms with Crippen molar-refractivity contribution in [1.29, 1.82) is 0 Å². The van der Waals surface area contributed by atoms with Crippen molar-refractivity contribution < 1.29 is 48.3 Å². The van der Waals surface area contributed by atoms with Crippen molar-refractivity contribution in [2.45, 2.75) is 109 Å². The Morgan fingerprint density at radius 2 is 1.70 bits per heavy atom. The highest BCUT2D eigenvalue weighted by atomic mass is 16.6. The van der Waals surface area contributed by atoms with Crippen LogP contribution in [-0.4, -0.2) is 102 Å². The van der Waals surface area contributed by atoms with Gasteiger partial charge in [-0.3, -0.25) is 4.57 Å². The summed E-state index contributed by atoms with van der Waals surface area (Å²) >= 11 is 0. The van der Waals surface area contributed by atoms with Gasteiger partial charge in [0.1, 0.15) is 54.2 Å². The molecule has 2 amide bonds. The van der Waals surface area contributed by atoms with Crippen LogP contribution in [0.1, 0.15) is 67.0 Å². The molecule has 244 valence electrons. The van der Waals surface area contributed by atoms with E-state index in [-0.39, 0.29) is 31.7 Å². The van der Waals surface area contributed by atoms with Gasteiger partial charge in [-0.15, -0.1) is 0 Å². The number of nitrogens with two attached hydrogens (primary N) is 1. The molecular weight excluding hydrogens is 582 g/mol. The lowest BCUT2D eigenvalue weighted by Crippen LogP contribution is -2.46. The average Bonchev–Trinajstić information content (AvgIpc) is 3.44. The van der Waals surface area contributed by atoms with Crippen LogP contribution in [0.3, 0.4) is 0 Å². The van der Waals surface area contributed by atoms with E-state index in [0.717, 1.165) is 0 Å². The summed E-state index contributed by atoms with van der Waals surface area (Å²) in [5.74, 6) is -1.18. The summed E-state index contributed by atoms with van der Waals surface area (Å²) in [6, 6.07) is -2.14. The number of amides is 2. The van der Waals surface area contributed by atoms with E-state index in [0.29, 0.717) is 17.5 Å². The molecule has 44 heavy (non-hydrogen) atoms. The smallest absolute Gasteiger partial charge is 0.408 e. The Balaban J connectivity index is 1.83. The lowest BCUT2D eigenvalue weighted by Gasteiger charge is -2.27. The highest BCUT2D eigenvalue weighted by molar-refractivity contribution is 5.81. The van der Waals surface area contributed by atoms with Crippen LogP contribution < -0.4 is 16.4 Å². The Labute approximate surface area is 253 Å². The second kappa shape index (κ2) is 14.1. The molecule has 2 aromatic heterocycles. The second-order valence-corrected chi connectivity index (χ2v) is 12.3. The Kier molecular flexibility index (Phi) is 11.0. The van der Waals surface area contributed by atoms with Crippen molar-refractivity contribution in [3.05, 3.63) is 12.7 Å². The average molecular weight is 624 g/mol. The first-order chi connectivity index (χ1) is 20.5. The summed E-state index contributed by atoms with van der Waals surface area (Å²) in [6.45, 7) is 9.64. The van der Waals surface area contributed by atoms with Crippen LogP contribution in [-0.2, 0) is 28.5 Å². The normalized spacial score (nSPS) is 21.8. The van der Waals surface area contributed by atoms with Crippen molar-refractivity contribution >= 4 is 41.4 Å². The van der Waals surface area contributed by atoms with Crippen molar-refractivity contribution in [3.8, 4) is 0 Å². The number of fused-ring (bicyclic) bond motifs is 1. The van der Waals surface area contributed by atoms with E-state index in [4.69, 9.17) is 24.7 Å². The molecule has 3 heterocycles. The van der Waals surface area contributed by atoms with Crippen molar-refractivity contribution in [1.82, 2.24) is 30.2 Å². The van der Waals surface area contributed by atoms with Crippen molar-refractivity contribution in [3.63, 3.8) is 0 Å². The monoisotopic (exact) mass is 623 g/mol. The minimum absolute atomic E-state index is 0.0274. The number of carboxylic acid groups (broad SMARTS) is 1. The van der Waals surface area contributed by atoms with Gasteiger partial charge < -0.3 is 50.3 Å². The molecule has 0 aliphatic carbocycles. The second-order valence-electron chi connectivity index (χ2n) is 12.3. The molecule has 0 aromatic carbocycles. The third kappa shape index (κ3) is 9.45. The number of alkyl carbamates (subject to hydrolysis) is 2. The number of rotatable bonds is 12. The maximum atomic E-state index is 12.7. The molecule has 0 saturated carbocycles. The van der Waals surface area contributed by atoms with E-state index in [1.54, 1.807) is 41.5 Å². The molecule has 2 aromatic rings. The summed E-state index contributed by atoms with van der Waals surface area (Å²) < 4.78 is 23.9.